The average Bonchev–Trinajstić information content (AvgIpc) is 3.34. The van der Waals surface area contributed by atoms with Gasteiger partial charge in [-0.25, -0.2) is 4.39 Å². The smallest absolute Gasteiger partial charge is 0.197 e. The van der Waals surface area contributed by atoms with E-state index >= 15 is 0 Å². The summed E-state index contributed by atoms with van der Waals surface area (Å²) in [5.41, 5.74) is 7.20. The number of hydrogen-bond donors (Lipinski definition) is 1. The molecule has 1 fully saturated rings. The van der Waals surface area contributed by atoms with Crippen LogP contribution in [0.4, 0.5) is 10.2 Å². The van der Waals surface area contributed by atoms with E-state index in [1.54, 1.807) is 6.07 Å². The van der Waals surface area contributed by atoms with Crippen molar-refractivity contribution in [2.75, 3.05) is 11.4 Å². The van der Waals surface area contributed by atoms with E-state index < -0.39 is 0 Å². The lowest BCUT2D eigenvalue weighted by Crippen LogP contribution is -2.37. The van der Waals surface area contributed by atoms with Gasteiger partial charge in [0.25, 0.3) is 0 Å². The lowest BCUT2D eigenvalue weighted by Gasteiger charge is -2.16. The molecule has 0 bridgehead atoms. The van der Waals surface area contributed by atoms with Gasteiger partial charge in [0.15, 0.2) is 24.9 Å². The van der Waals surface area contributed by atoms with Crippen molar-refractivity contribution in [2.45, 2.75) is 45.4 Å². The Balaban J connectivity index is 1.43. The molecular weight excluding hydrogens is 345 g/mol. The fourth-order valence-electron chi connectivity index (χ4n) is 4.01. The van der Waals surface area contributed by atoms with Gasteiger partial charge in [-0.15, -0.1) is 9.36 Å². The number of rotatable bonds is 5. The number of aryl methyl sites for hydroxylation is 1. The number of fused-ring (bicyclic) bond motifs is 1. The van der Waals surface area contributed by atoms with Gasteiger partial charge in [-0.1, -0.05) is 24.2 Å². The normalized spacial score (nSPS) is 22.3. The molecule has 0 saturated heterocycles. The van der Waals surface area contributed by atoms with Crippen LogP contribution in [-0.2, 0) is 25.0 Å². The minimum Gasteiger partial charge on any atom is -0.391 e. The Bertz CT molecular complexity index is 862. The molecule has 1 saturated carbocycles. The Hall–Kier alpha value is -2.57. The van der Waals surface area contributed by atoms with Crippen molar-refractivity contribution in [1.29, 1.82) is 0 Å². The number of halogens is 1. The molecule has 0 amide bonds. The van der Waals surface area contributed by atoms with Crippen molar-refractivity contribution in [3.8, 4) is 0 Å². The first-order valence-corrected chi connectivity index (χ1v) is 9.59. The lowest BCUT2D eigenvalue weighted by atomic mass is 10.1. The molecule has 2 unspecified atom stereocenters. The molecule has 4 rings (SSSR count). The molecule has 2 heterocycles. The van der Waals surface area contributed by atoms with Crippen molar-refractivity contribution in [2.24, 2.45) is 23.9 Å². The predicted molar refractivity (Wildman–Crippen MR) is 102 cm³/mol. The molecular formula is C20H27FN5O+. The van der Waals surface area contributed by atoms with Crippen molar-refractivity contribution in [1.82, 2.24) is 4.68 Å². The summed E-state index contributed by atoms with van der Waals surface area (Å²) in [5.74, 6) is 1.73. The van der Waals surface area contributed by atoms with Crippen LogP contribution in [0, 0.1) is 11.7 Å². The van der Waals surface area contributed by atoms with Crippen LogP contribution in [0.5, 0.6) is 0 Å². The third-order valence-corrected chi connectivity index (χ3v) is 5.65. The number of nitrogens with zero attached hydrogens (tertiary/aromatic N) is 4. The maximum atomic E-state index is 14.6. The zero-order valence-corrected chi connectivity index (χ0v) is 15.9. The summed E-state index contributed by atoms with van der Waals surface area (Å²) >= 11 is 0. The first kappa shape index (κ1) is 17.8. The van der Waals surface area contributed by atoms with Gasteiger partial charge in [0.1, 0.15) is 11.9 Å². The van der Waals surface area contributed by atoms with Gasteiger partial charge >= 0.3 is 0 Å². The Morgan fingerprint density at radius 2 is 2.19 bits per heavy atom. The minimum absolute atomic E-state index is 0.121. The molecule has 2 atom stereocenters. The summed E-state index contributed by atoms with van der Waals surface area (Å²) in [4.78, 5) is 7.72. The van der Waals surface area contributed by atoms with Crippen LogP contribution >= 0.6 is 0 Å². The molecule has 7 heteroatoms. The van der Waals surface area contributed by atoms with Crippen LogP contribution in [0.3, 0.4) is 0 Å². The average molecular weight is 372 g/mol. The maximum Gasteiger partial charge on any atom is 0.197 e. The second kappa shape index (κ2) is 7.21. The summed E-state index contributed by atoms with van der Waals surface area (Å²) in [6.45, 7) is 4.53. The summed E-state index contributed by atoms with van der Waals surface area (Å²) in [6.07, 6.45) is 5.29. The fraction of sp³-hybridized carbons (Fsp3) is 0.500. The molecule has 6 nitrogen and oxygen atoms in total. The first-order chi connectivity index (χ1) is 13.0. The molecule has 1 aliphatic heterocycles. The standard InChI is InChI=1S/C20H27FN5O/c1-14-3-6-17(11-14)27-23-20(22)15-4-5-16(18(21)12-15)13-25-9-10-26-19(25)7-8-24(26)2/h4-5,7-8,12,14,17H,3,6,9-11,13H2,1-2H3,(H2,22,23)/q+1. The highest BCUT2D eigenvalue weighted by atomic mass is 19.1. The van der Waals surface area contributed by atoms with E-state index in [1.807, 2.05) is 19.3 Å². The first-order valence-electron chi connectivity index (χ1n) is 9.59. The molecule has 2 aromatic rings. The van der Waals surface area contributed by atoms with Gasteiger partial charge < -0.3 is 15.5 Å². The molecule has 2 N–H and O–H groups in total. The van der Waals surface area contributed by atoms with Crippen molar-refractivity contribution in [3.63, 3.8) is 0 Å². The van der Waals surface area contributed by atoms with Crippen LogP contribution in [0.1, 0.15) is 37.3 Å². The summed E-state index contributed by atoms with van der Waals surface area (Å²) in [6, 6.07) is 7.11. The number of nitrogens with two attached hydrogens (primary N) is 1. The highest BCUT2D eigenvalue weighted by molar-refractivity contribution is 5.97. The van der Waals surface area contributed by atoms with E-state index in [-0.39, 0.29) is 17.8 Å². The molecule has 144 valence electrons. The highest BCUT2D eigenvalue weighted by Gasteiger charge is 2.26. The van der Waals surface area contributed by atoms with Gasteiger partial charge in [0.2, 0.25) is 0 Å². The monoisotopic (exact) mass is 372 g/mol. The third-order valence-electron chi connectivity index (χ3n) is 5.65. The van der Waals surface area contributed by atoms with Crippen molar-refractivity contribution >= 4 is 11.7 Å². The number of hydrogen-bond acceptors (Lipinski definition) is 3. The highest BCUT2D eigenvalue weighted by Crippen LogP contribution is 2.27. The Morgan fingerprint density at radius 1 is 1.33 bits per heavy atom. The van der Waals surface area contributed by atoms with E-state index in [9.17, 15) is 4.39 Å². The predicted octanol–water partition coefficient (Wildman–Crippen LogP) is 2.30. The SMILES string of the molecule is CC1CCC(ON=C(N)c2ccc(CN3CCn4c3cc[n+]4C)c(F)c2)C1. The molecule has 27 heavy (non-hydrogen) atoms. The Morgan fingerprint density at radius 3 is 2.93 bits per heavy atom. The molecule has 2 aliphatic rings. The topological polar surface area (TPSA) is 59.7 Å². The van der Waals surface area contributed by atoms with E-state index in [2.05, 4.69) is 32.4 Å². The second-order valence-corrected chi connectivity index (χ2v) is 7.72. The summed E-state index contributed by atoms with van der Waals surface area (Å²) in [7, 11) is 2.01. The molecule has 0 radical (unpaired) electrons. The van der Waals surface area contributed by atoms with Crippen molar-refractivity contribution < 1.29 is 13.9 Å². The number of anilines is 1. The zero-order chi connectivity index (χ0) is 19.0. The Labute approximate surface area is 159 Å². The van der Waals surface area contributed by atoms with E-state index in [1.165, 1.54) is 6.07 Å². The van der Waals surface area contributed by atoms with Crippen LogP contribution in [0.2, 0.25) is 0 Å². The van der Waals surface area contributed by atoms with Gasteiger partial charge in [-0.05, 0) is 31.2 Å². The van der Waals surface area contributed by atoms with E-state index in [0.29, 0.717) is 23.6 Å². The number of aromatic nitrogens is 2. The largest absolute Gasteiger partial charge is 0.391 e. The number of benzene rings is 1. The minimum atomic E-state index is -0.269. The number of amidine groups is 1. The van der Waals surface area contributed by atoms with Crippen LogP contribution in [0.15, 0.2) is 35.6 Å². The van der Waals surface area contributed by atoms with E-state index in [0.717, 1.165) is 38.2 Å². The molecule has 1 aromatic carbocycles. The number of oxime groups is 1. The van der Waals surface area contributed by atoms with Crippen LogP contribution in [0.25, 0.3) is 0 Å². The summed E-state index contributed by atoms with van der Waals surface area (Å²) in [5, 5.41) is 4.03. The molecule has 1 aliphatic carbocycles. The van der Waals surface area contributed by atoms with Crippen LogP contribution < -0.4 is 15.3 Å². The lowest BCUT2D eigenvalue weighted by molar-refractivity contribution is -0.751. The van der Waals surface area contributed by atoms with Gasteiger partial charge in [-0.3, -0.25) is 0 Å². The Kier molecular flexibility index (Phi) is 4.76. The zero-order valence-electron chi connectivity index (χ0n) is 15.9. The molecule has 0 spiro atoms. The van der Waals surface area contributed by atoms with Gasteiger partial charge in [0, 0.05) is 24.2 Å². The van der Waals surface area contributed by atoms with Gasteiger partial charge in [0.05, 0.1) is 12.6 Å². The van der Waals surface area contributed by atoms with Crippen LogP contribution in [-0.4, -0.2) is 23.2 Å². The second-order valence-electron chi connectivity index (χ2n) is 7.72. The summed E-state index contributed by atoms with van der Waals surface area (Å²) < 4.78 is 18.9. The fourth-order valence-corrected chi connectivity index (χ4v) is 4.01. The molecule has 1 aromatic heterocycles. The quantitative estimate of drug-likeness (QED) is 0.379. The van der Waals surface area contributed by atoms with E-state index in [4.69, 9.17) is 10.6 Å². The van der Waals surface area contributed by atoms with Crippen molar-refractivity contribution in [3.05, 3.63) is 47.4 Å². The maximum absolute atomic E-state index is 14.6. The van der Waals surface area contributed by atoms with Gasteiger partial charge in [-0.2, -0.15) is 0 Å². The third kappa shape index (κ3) is 3.63.